The second-order valence-corrected chi connectivity index (χ2v) is 6.80. The number of benzene rings is 2. The van der Waals surface area contributed by atoms with Crippen LogP contribution in [0.1, 0.15) is 24.8 Å². The van der Waals surface area contributed by atoms with Crippen LogP contribution in [0.3, 0.4) is 0 Å². The molecule has 0 radical (unpaired) electrons. The number of fused-ring (bicyclic) bond motifs is 4. The molecule has 0 amide bonds. The average Bonchev–Trinajstić information content (AvgIpc) is 3.14. The summed E-state index contributed by atoms with van der Waals surface area (Å²) in [6.45, 7) is 0.933. The van der Waals surface area contributed by atoms with Crippen molar-refractivity contribution in [2.75, 3.05) is 6.61 Å². The van der Waals surface area contributed by atoms with E-state index in [4.69, 9.17) is 9.47 Å². The maximum atomic E-state index is 6.11. The predicted molar refractivity (Wildman–Crippen MR) is 95.5 cm³/mol. The van der Waals surface area contributed by atoms with Crippen molar-refractivity contribution < 1.29 is 9.47 Å². The van der Waals surface area contributed by atoms with Gasteiger partial charge in [-0.25, -0.2) is 0 Å². The lowest BCUT2D eigenvalue weighted by molar-refractivity contribution is 0.104. The van der Waals surface area contributed by atoms with Crippen LogP contribution in [-0.2, 0) is 15.9 Å². The highest BCUT2D eigenvalue weighted by molar-refractivity contribution is 5.86. The molecule has 0 saturated carbocycles. The molecule has 3 aliphatic heterocycles. The fraction of sp³-hybridized carbons (Fsp3) is 0.273. The van der Waals surface area contributed by atoms with Crippen LogP contribution in [-0.4, -0.2) is 12.7 Å². The highest BCUT2D eigenvalue weighted by Gasteiger charge is 2.16. The Kier molecular flexibility index (Phi) is 3.30. The molecular formula is C22H20O2. The van der Waals surface area contributed by atoms with Crippen LogP contribution < -0.4 is 20.9 Å². The van der Waals surface area contributed by atoms with Crippen molar-refractivity contribution in [2.45, 2.75) is 31.8 Å². The monoisotopic (exact) mass is 316 g/mol. The minimum atomic E-state index is 0.449. The lowest BCUT2D eigenvalue weighted by Gasteiger charge is -2.17. The first kappa shape index (κ1) is 14.1. The summed E-state index contributed by atoms with van der Waals surface area (Å²) >= 11 is 0. The second kappa shape index (κ2) is 5.64. The van der Waals surface area contributed by atoms with E-state index >= 15 is 0 Å². The van der Waals surface area contributed by atoms with Crippen molar-refractivity contribution in [3.63, 3.8) is 0 Å². The third-order valence-electron chi connectivity index (χ3n) is 5.18. The molecule has 2 aromatic rings. The quantitative estimate of drug-likeness (QED) is 0.850. The van der Waals surface area contributed by atoms with Gasteiger partial charge < -0.3 is 9.47 Å². The number of ether oxygens (including phenoxy) is 2. The van der Waals surface area contributed by atoms with Crippen LogP contribution in [0, 0.1) is 0 Å². The molecule has 0 aliphatic carbocycles. The standard InChI is InChI=1S/C22H20O2/c1-2-6-19-16(4-1)13-22-20-12-15(8-10-18-5-3-11-23-18)7-9-17(20)14-21(19)24-22/h1-2,4,6-7,9,12-14,18H,3,5,8,10-11H2. The maximum absolute atomic E-state index is 6.11. The molecule has 24 heavy (non-hydrogen) atoms. The highest BCUT2D eigenvalue weighted by Crippen LogP contribution is 2.18. The van der Waals surface area contributed by atoms with Crippen LogP contribution >= 0.6 is 0 Å². The Morgan fingerprint density at radius 1 is 0.917 bits per heavy atom. The summed E-state index contributed by atoms with van der Waals surface area (Å²) in [4.78, 5) is 0. The van der Waals surface area contributed by atoms with Crippen LogP contribution in [0.15, 0.2) is 42.5 Å². The van der Waals surface area contributed by atoms with Crippen LogP contribution in [0.4, 0.5) is 0 Å². The smallest absolute Gasteiger partial charge is 0.135 e. The van der Waals surface area contributed by atoms with Gasteiger partial charge >= 0.3 is 0 Å². The van der Waals surface area contributed by atoms with Gasteiger partial charge in [-0.3, -0.25) is 0 Å². The molecule has 1 fully saturated rings. The molecule has 1 unspecified atom stereocenters. The predicted octanol–water partition coefficient (Wildman–Crippen LogP) is 1.32. The summed E-state index contributed by atoms with van der Waals surface area (Å²) in [5.74, 6) is 1.93. The fourth-order valence-corrected chi connectivity index (χ4v) is 3.87. The Morgan fingerprint density at radius 3 is 2.62 bits per heavy atom. The SMILES string of the molecule is C1=c2ccccc2=C2C=c3ccc(CCC4CCCO4)cc3=C1O2. The molecule has 2 nitrogen and oxygen atoms in total. The largest absolute Gasteiger partial charge is 0.456 e. The Labute approximate surface area is 141 Å². The molecule has 5 rings (SSSR count). The Hall–Kier alpha value is -2.32. The zero-order valence-corrected chi connectivity index (χ0v) is 13.6. The zero-order chi connectivity index (χ0) is 15.9. The lowest BCUT2D eigenvalue weighted by atomic mass is 10.0. The minimum Gasteiger partial charge on any atom is -0.456 e. The van der Waals surface area contributed by atoms with Gasteiger partial charge in [-0.15, -0.1) is 0 Å². The summed E-state index contributed by atoms with van der Waals surface area (Å²) in [7, 11) is 0. The summed E-state index contributed by atoms with van der Waals surface area (Å²) in [6.07, 6.45) is 9.37. The van der Waals surface area contributed by atoms with E-state index in [1.165, 1.54) is 39.3 Å². The van der Waals surface area contributed by atoms with Gasteiger partial charge in [0.05, 0.1) is 6.10 Å². The van der Waals surface area contributed by atoms with Crippen molar-refractivity contribution in [1.82, 2.24) is 0 Å². The van der Waals surface area contributed by atoms with Gasteiger partial charge in [0.25, 0.3) is 0 Å². The van der Waals surface area contributed by atoms with Gasteiger partial charge in [-0.2, -0.15) is 0 Å². The average molecular weight is 316 g/mol. The normalized spacial score (nSPS) is 20.6. The van der Waals surface area contributed by atoms with E-state index in [1.54, 1.807) is 0 Å². The number of hydrogen-bond acceptors (Lipinski definition) is 2. The molecule has 3 aliphatic rings. The van der Waals surface area contributed by atoms with E-state index in [1.807, 2.05) is 0 Å². The maximum Gasteiger partial charge on any atom is 0.135 e. The van der Waals surface area contributed by atoms with Gasteiger partial charge in [-0.1, -0.05) is 36.4 Å². The van der Waals surface area contributed by atoms with E-state index in [-0.39, 0.29) is 0 Å². The second-order valence-electron chi connectivity index (χ2n) is 6.80. The van der Waals surface area contributed by atoms with Crippen LogP contribution in [0.5, 0.6) is 0 Å². The molecule has 2 bridgehead atoms. The van der Waals surface area contributed by atoms with Gasteiger partial charge in [0, 0.05) is 17.0 Å². The van der Waals surface area contributed by atoms with E-state index < -0.39 is 0 Å². The van der Waals surface area contributed by atoms with Crippen molar-refractivity contribution >= 4 is 23.7 Å². The van der Waals surface area contributed by atoms with Crippen molar-refractivity contribution in [1.29, 1.82) is 0 Å². The van der Waals surface area contributed by atoms with E-state index in [0.29, 0.717) is 6.10 Å². The van der Waals surface area contributed by atoms with Gasteiger partial charge in [-0.05, 0) is 59.9 Å². The van der Waals surface area contributed by atoms with E-state index in [0.717, 1.165) is 31.0 Å². The van der Waals surface area contributed by atoms with Crippen LogP contribution in [0.25, 0.3) is 23.7 Å². The number of aryl methyl sites for hydroxylation is 1. The molecule has 2 heteroatoms. The fourth-order valence-electron chi connectivity index (χ4n) is 3.87. The van der Waals surface area contributed by atoms with Crippen molar-refractivity contribution in [3.8, 4) is 0 Å². The van der Waals surface area contributed by atoms with Gasteiger partial charge in [0.2, 0.25) is 0 Å². The molecule has 3 heterocycles. The first-order chi connectivity index (χ1) is 11.9. The third kappa shape index (κ3) is 2.38. The first-order valence-corrected chi connectivity index (χ1v) is 8.82. The van der Waals surface area contributed by atoms with E-state index in [2.05, 4.69) is 54.6 Å². The summed E-state index contributed by atoms with van der Waals surface area (Å²) in [6, 6.07) is 15.2. The number of rotatable bonds is 3. The van der Waals surface area contributed by atoms with Crippen molar-refractivity contribution in [3.05, 3.63) is 68.9 Å². The van der Waals surface area contributed by atoms with Crippen molar-refractivity contribution in [2.24, 2.45) is 0 Å². The highest BCUT2D eigenvalue weighted by atomic mass is 16.5. The Bertz CT molecular complexity index is 1040. The van der Waals surface area contributed by atoms with Gasteiger partial charge in [0.15, 0.2) is 0 Å². The summed E-state index contributed by atoms with van der Waals surface area (Å²) in [5, 5.41) is 4.87. The molecule has 120 valence electrons. The zero-order valence-electron chi connectivity index (χ0n) is 13.6. The molecule has 0 spiro atoms. The van der Waals surface area contributed by atoms with Crippen LogP contribution in [0.2, 0.25) is 0 Å². The minimum absolute atomic E-state index is 0.449. The third-order valence-corrected chi connectivity index (χ3v) is 5.18. The first-order valence-electron chi connectivity index (χ1n) is 8.82. The molecule has 1 atom stereocenters. The molecule has 2 aromatic carbocycles. The molecule has 0 aromatic heterocycles. The number of hydrogen-bond donors (Lipinski definition) is 0. The van der Waals surface area contributed by atoms with E-state index in [9.17, 15) is 0 Å². The summed E-state index contributed by atoms with van der Waals surface area (Å²) < 4.78 is 11.9. The topological polar surface area (TPSA) is 18.5 Å². The van der Waals surface area contributed by atoms with Gasteiger partial charge in [0.1, 0.15) is 11.5 Å². The lowest BCUT2D eigenvalue weighted by Crippen LogP contribution is -2.38. The Balaban J connectivity index is 1.56. The molecule has 0 N–H and O–H groups in total. The molecule has 1 saturated heterocycles. The molecular weight excluding hydrogens is 296 g/mol. The summed E-state index contributed by atoms with van der Waals surface area (Å²) in [5.41, 5.74) is 1.37. The Morgan fingerprint density at radius 2 is 1.75 bits per heavy atom.